The largest absolute Gasteiger partial charge is 0.408 e. The van der Waals surface area contributed by atoms with Gasteiger partial charge in [-0.2, -0.15) is 0 Å². The van der Waals surface area contributed by atoms with Gasteiger partial charge in [-0.25, -0.2) is 13.4 Å². The van der Waals surface area contributed by atoms with Crippen molar-refractivity contribution in [1.29, 1.82) is 0 Å². The fourth-order valence-corrected chi connectivity index (χ4v) is 1.83. The van der Waals surface area contributed by atoms with Gasteiger partial charge >= 0.3 is 5.22 Å². The standard InChI is InChI=1S/C11H11ClN4O3S/c1-20(17,18)11-16-15-10(19-11)7-2-4-8(5-3-7)14-9(13)6-12/h2-5H,6H2,1H3,(H2,13,14). The van der Waals surface area contributed by atoms with Crippen molar-refractivity contribution in [2.24, 2.45) is 10.7 Å². The van der Waals surface area contributed by atoms with E-state index in [0.717, 1.165) is 6.26 Å². The van der Waals surface area contributed by atoms with Crippen LogP contribution in [-0.4, -0.2) is 36.6 Å². The van der Waals surface area contributed by atoms with Gasteiger partial charge < -0.3 is 10.2 Å². The summed E-state index contributed by atoms with van der Waals surface area (Å²) in [6, 6.07) is 6.69. The first-order chi connectivity index (χ1) is 9.40. The number of benzene rings is 1. The van der Waals surface area contributed by atoms with Crippen LogP contribution in [0.3, 0.4) is 0 Å². The zero-order valence-corrected chi connectivity index (χ0v) is 12.0. The molecule has 0 amide bonds. The van der Waals surface area contributed by atoms with Crippen molar-refractivity contribution in [1.82, 2.24) is 10.2 Å². The van der Waals surface area contributed by atoms with E-state index in [0.29, 0.717) is 17.1 Å². The Morgan fingerprint density at radius 2 is 2.00 bits per heavy atom. The number of hydrogen-bond acceptors (Lipinski definition) is 6. The van der Waals surface area contributed by atoms with Crippen LogP contribution >= 0.6 is 11.6 Å². The van der Waals surface area contributed by atoms with Crippen molar-refractivity contribution >= 4 is 33.0 Å². The van der Waals surface area contributed by atoms with Crippen LogP contribution in [0, 0.1) is 0 Å². The molecule has 0 radical (unpaired) electrons. The molecule has 9 heteroatoms. The van der Waals surface area contributed by atoms with Crippen LogP contribution in [0.2, 0.25) is 0 Å². The lowest BCUT2D eigenvalue weighted by molar-refractivity contribution is 0.442. The number of aliphatic imine (C=N–C) groups is 1. The summed E-state index contributed by atoms with van der Waals surface area (Å²) in [4.78, 5) is 4.06. The number of hydrogen-bond donors (Lipinski definition) is 1. The zero-order valence-electron chi connectivity index (χ0n) is 10.4. The summed E-state index contributed by atoms with van der Waals surface area (Å²) in [5.74, 6) is 0.561. The summed E-state index contributed by atoms with van der Waals surface area (Å²) in [6.45, 7) is 0. The molecule has 0 aliphatic heterocycles. The lowest BCUT2D eigenvalue weighted by Crippen LogP contribution is -2.12. The predicted molar refractivity (Wildman–Crippen MR) is 74.8 cm³/mol. The summed E-state index contributed by atoms with van der Waals surface area (Å²) in [5.41, 5.74) is 6.72. The van der Waals surface area contributed by atoms with Gasteiger partial charge in [0.2, 0.25) is 15.7 Å². The third-order valence-electron chi connectivity index (χ3n) is 2.25. The Labute approximate surface area is 120 Å². The third kappa shape index (κ3) is 3.34. The van der Waals surface area contributed by atoms with Crippen molar-refractivity contribution in [3.63, 3.8) is 0 Å². The Kier molecular flexibility index (Phi) is 4.05. The number of sulfone groups is 1. The smallest absolute Gasteiger partial charge is 0.335 e. The minimum Gasteiger partial charge on any atom is -0.408 e. The van der Waals surface area contributed by atoms with Crippen LogP contribution in [-0.2, 0) is 9.84 Å². The second-order valence-electron chi connectivity index (χ2n) is 3.93. The number of amidine groups is 1. The van der Waals surface area contributed by atoms with Crippen LogP contribution in [0.1, 0.15) is 0 Å². The summed E-state index contributed by atoms with van der Waals surface area (Å²) < 4.78 is 27.6. The van der Waals surface area contributed by atoms with E-state index in [4.69, 9.17) is 21.8 Å². The number of aromatic nitrogens is 2. The molecular formula is C11H11ClN4O3S. The van der Waals surface area contributed by atoms with Crippen LogP contribution in [0.15, 0.2) is 38.9 Å². The van der Waals surface area contributed by atoms with E-state index in [2.05, 4.69) is 15.2 Å². The average molecular weight is 315 g/mol. The fraction of sp³-hybridized carbons (Fsp3) is 0.182. The maximum absolute atomic E-state index is 11.2. The van der Waals surface area contributed by atoms with Gasteiger partial charge in [0.15, 0.2) is 0 Å². The van der Waals surface area contributed by atoms with Gasteiger partial charge in [-0.1, -0.05) is 5.10 Å². The van der Waals surface area contributed by atoms with Crippen LogP contribution < -0.4 is 5.73 Å². The highest BCUT2D eigenvalue weighted by molar-refractivity contribution is 7.90. The molecule has 0 bridgehead atoms. The fourth-order valence-electron chi connectivity index (χ4n) is 1.35. The quantitative estimate of drug-likeness (QED) is 0.518. The van der Waals surface area contributed by atoms with E-state index >= 15 is 0 Å². The molecular weight excluding hydrogens is 304 g/mol. The van der Waals surface area contributed by atoms with Gasteiger partial charge in [0.05, 0.1) is 11.6 Å². The molecule has 2 N–H and O–H groups in total. The molecule has 0 saturated carbocycles. The van der Waals surface area contributed by atoms with E-state index in [1.54, 1.807) is 24.3 Å². The molecule has 0 spiro atoms. The molecule has 1 aromatic heterocycles. The summed E-state index contributed by atoms with van der Waals surface area (Å²) >= 11 is 5.53. The molecule has 0 saturated heterocycles. The monoisotopic (exact) mass is 314 g/mol. The van der Waals surface area contributed by atoms with E-state index < -0.39 is 15.1 Å². The first-order valence-corrected chi connectivity index (χ1v) is 7.86. The molecule has 1 aromatic carbocycles. The molecule has 7 nitrogen and oxygen atoms in total. The minimum absolute atomic E-state index is 0.117. The second-order valence-corrected chi connectivity index (χ2v) is 6.09. The summed E-state index contributed by atoms with van der Waals surface area (Å²) in [6.07, 6.45) is 0.997. The van der Waals surface area contributed by atoms with Crippen molar-refractivity contribution < 1.29 is 12.8 Å². The van der Waals surface area contributed by atoms with Gasteiger partial charge in [0.25, 0.3) is 0 Å². The summed E-state index contributed by atoms with van der Waals surface area (Å²) in [5, 5.41) is 6.74. The second kappa shape index (κ2) is 5.59. The highest BCUT2D eigenvalue weighted by Gasteiger charge is 2.17. The molecule has 0 aliphatic rings. The van der Waals surface area contributed by atoms with Crippen LogP contribution in [0.5, 0.6) is 0 Å². The molecule has 0 aliphatic carbocycles. The Bertz CT molecular complexity index is 737. The average Bonchev–Trinajstić information content (AvgIpc) is 2.89. The highest BCUT2D eigenvalue weighted by Crippen LogP contribution is 2.22. The van der Waals surface area contributed by atoms with E-state index in [1.807, 2.05) is 0 Å². The molecule has 0 fully saturated rings. The molecule has 1 heterocycles. The lowest BCUT2D eigenvalue weighted by atomic mass is 10.2. The first-order valence-electron chi connectivity index (χ1n) is 5.43. The SMILES string of the molecule is CS(=O)(=O)c1nnc(-c2ccc(N=C(N)CCl)cc2)o1. The maximum atomic E-state index is 11.2. The lowest BCUT2D eigenvalue weighted by Gasteiger charge is -1.98. The molecule has 20 heavy (non-hydrogen) atoms. The zero-order chi connectivity index (χ0) is 14.8. The van der Waals surface area contributed by atoms with Crippen molar-refractivity contribution in [3.05, 3.63) is 24.3 Å². The van der Waals surface area contributed by atoms with Crippen molar-refractivity contribution in [3.8, 4) is 11.5 Å². The number of alkyl halides is 1. The number of nitrogens with zero attached hydrogens (tertiary/aromatic N) is 3. The minimum atomic E-state index is -3.51. The van der Waals surface area contributed by atoms with E-state index in [1.165, 1.54) is 0 Å². The van der Waals surface area contributed by atoms with E-state index in [9.17, 15) is 8.42 Å². The number of halogens is 1. The van der Waals surface area contributed by atoms with Gasteiger partial charge in [-0.3, -0.25) is 0 Å². The van der Waals surface area contributed by atoms with Gasteiger partial charge in [0.1, 0.15) is 5.84 Å². The third-order valence-corrected chi connectivity index (χ3v) is 3.32. The van der Waals surface area contributed by atoms with Crippen molar-refractivity contribution in [2.75, 3.05) is 12.1 Å². The molecule has 0 atom stereocenters. The molecule has 2 rings (SSSR count). The molecule has 106 valence electrons. The Hall–Kier alpha value is -1.93. The first kappa shape index (κ1) is 14.5. The Balaban J connectivity index is 2.29. The van der Waals surface area contributed by atoms with Gasteiger partial charge in [0, 0.05) is 11.8 Å². The Morgan fingerprint density at radius 1 is 1.35 bits per heavy atom. The normalized spacial score (nSPS) is 12.6. The number of nitrogens with two attached hydrogens (primary N) is 1. The summed E-state index contributed by atoms with van der Waals surface area (Å²) in [7, 11) is -3.51. The van der Waals surface area contributed by atoms with Gasteiger partial charge in [-0.05, 0) is 24.3 Å². The predicted octanol–water partition coefficient (Wildman–Crippen LogP) is 1.37. The van der Waals surface area contributed by atoms with E-state index in [-0.39, 0.29) is 11.8 Å². The highest BCUT2D eigenvalue weighted by atomic mass is 35.5. The van der Waals surface area contributed by atoms with Crippen LogP contribution in [0.25, 0.3) is 11.5 Å². The van der Waals surface area contributed by atoms with Gasteiger partial charge in [-0.15, -0.1) is 16.7 Å². The number of rotatable bonds is 4. The molecule has 0 unspecified atom stereocenters. The topological polar surface area (TPSA) is 111 Å². The van der Waals surface area contributed by atoms with Crippen LogP contribution in [0.4, 0.5) is 5.69 Å². The molecule has 2 aromatic rings. The maximum Gasteiger partial charge on any atom is 0.335 e. The Morgan fingerprint density at radius 3 is 2.50 bits per heavy atom. The van der Waals surface area contributed by atoms with Crippen molar-refractivity contribution in [2.45, 2.75) is 5.22 Å².